The number of esters is 7. The largest absolute Gasteiger partial charge is 0.463 e. The fraction of sp³-hybridized carbons (Fsp3) is 0.367. The first-order valence-electron chi connectivity index (χ1n) is 21.2. The van der Waals surface area contributed by atoms with Crippen molar-refractivity contribution >= 4 is 41.8 Å². The summed E-state index contributed by atoms with van der Waals surface area (Å²) in [5, 5.41) is 11.5. The Bertz CT molecular complexity index is 2340. The monoisotopic (exact) mass is 926 g/mol. The number of aliphatic hydroxyl groups excluding tert-OH is 1. The van der Waals surface area contributed by atoms with Crippen molar-refractivity contribution in [1.29, 1.82) is 0 Å². The Hall–Kier alpha value is -6.99. The summed E-state index contributed by atoms with van der Waals surface area (Å²) in [6.07, 6.45) is -18.1. The van der Waals surface area contributed by atoms with Gasteiger partial charge < -0.3 is 52.5 Å². The molecule has 1 N–H and O–H groups in total. The van der Waals surface area contributed by atoms with Gasteiger partial charge in [-0.3, -0.25) is 14.4 Å². The Labute approximate surface area is 385 Å². The molecule has 18 heteroatoms. The molecule has 2 fully saturated rings. The van der Waals surface area contributed by atoms with Crippen LogP contribution < -0.4 is 0 Å². The second-order valence-electron chi connectivity index (χ2n) is 16.4. The van der Waals surface area contributed by atoms with Crippen LogP contribution in [0.25, 0.3) is 0 Å². The van der Waals surface area contributed by atoms with Crippen LogP contribution in [0.3, 0.4) is 0 Å². The normalized spacial score (nSPS) is 24.7. The molecule has 2 heterocycles. The average Bonchev–Trinajstić information content (AvgIpc) is 3.31. The maximum absolute atomic E-state index is 14.1. The number of benzene rings is 4. The predicted octanol–water partition coefficient (Wildman–Crippen LogP) is 4.80. The standard InChI is InChI=1S/C49H50O18/c1-28(50)58-26-34-36(60-29(2)51)38(40(46(56)61-34)67-48(57)49(3,4)5)66-47-41(65-45(55)33-24-16-9-17-25-33)39(64-44(54)32-22-14-8-15-23-32)37(63-43(53)31-20-12-7-13-21-31)35(62-47)27-59-42(52)30-18-10-6-11-19-30/h6-25,34-41,46-47,56H,26-27H2,1-5H3/t34-,35-,36-,37-,38+,39+,40-,41-,46?,47+/m1/s1. The topological polar surface area (TPSA) is 232 Å². The van der Waals surface area contributed by atoms with Crippen molar-refractivity contribution in [2.75, 3.05) is 13.2 Å². The maximum Gasteiger partial charge on any atom is 0.338 e. The Morgan fingerprint density at radius 2 is 0.866 bits per heavy atom. The highest BCUT2D eigenvalue weighted by molar-refractivity contribution is 5.91. The molecule has 0 amide bonds. The van der Waals surface area contributed by atoms with Crippen LogP contribution in [0.1, 0.15) is 76.1 Å². The van der Waals surface area contributed by atoms with E-state index in [4.69, 9.17) is 47.4 Å². The van der Waals surface area contributed by atoms with Gasteiger partial charge in [-0.15, -0.1) is 0 Å². The van der Waals surface area contributed by atoms with E-state index in [-0.39, 0.29) is 22.3 Å². The number of rotatable bonds is 15. The summed E-state index contributed by atoms with van der Waals surface area (Å²) in [4.78, 5) is 94.0. The molecule has 10 atom stereocenters. The highest BCUT2D eigenvalue weighted by Gasteiger charge is 2.58. The summed E-state index contributed by atoms with van der Waals surface area (Å²) in [5.41, 5.74) is -0.984. The number of hydrogen-bond donors (Lipinski definition) is 1. The fourth-order valence-corrected chi connectivity index (χ4v) is 6.94. The van der Waals surface area contributed by atoms with Crippen molar-refractivity contribution in [2.24, 2.45) is 5.41 Å². The van der Waals surface area contributed by atoms with Crippen LogP contribution in [0.5, 0.6) is 0 Å². The van der Waals surface area contributed by atoms with Crippen molar-refractivity contribution in [2.45, 2.75) is 96.0 Å². The molecule has 67 heavy (non-hydrogen) atoms. The van der Waals surface area contributed by atoms with Crippen LogP contribution >= 0.6 is 0 Å². The summed E-state index contributed by atoms with van der Waals surface area (Å²) in [5.74, 6) is -6.37. The van der Waals surface area contributed by atoms with Gasteiger partial charge in [-0.05, 0) is 69.3 Å². The molecule has 6 rings (SSSR count). The van der Waals surface area contributed by atoms with Crippen molar-refractivity contribution in [1.82, 2.24) is 0 Å². The SMILES string of the molecule is CC(=O)OC[C@H]1OC(O)[C@H](OC(=O)C(C)(C)C)[C@@H](O[C@@H]2O[C@H](COC(=O)c3ccccc3)[C@@H](OC(=O)c3ccccc3)[C@H](OC(=O)c3ccccc3)[C@H]2OC(=O)c2ccccc2)[C@@H]1OC(C)=O. The van der Waals surface area contributed by atoms with Crippen LogP contribution in [0, 0.1) is 5.41 Å². The molecular formula is C49H50O18. The molecule has 0 spiro atoms. The van der Waals surface area contributed by atoms with E-state index < -0.39 is 122 Å². The van der Waals surface area contributed by atoms with Crippen LogP contribution in [0.4, 0.5) is 0 Å². The van der Waals surface area contributed by atoms with Crippen LogP contribution in [0.15, 0.2) is 121 Å². The molecule has 4 aromatic rings. The van der Waals surface area contributed by atoms with Crippen molar-refractivity contribution in [3.05, 3.63) is 144 Å². The lowest BCUT2D eigenvalue weighted by Gasteiger charge is -2.48. The highest BCUT2D eigenvalue weighted by Crippen LogP contribution is 2.36. The van der Waals surface area contributed by atoms with E-state index in [1.165, 1.54) is 69.3 Å². The molecular weight excluding hydrogens is 877 g/mol. The van der Waals surface area contributed by atoms with Gasteiger partial charge in [0.1, 0.15) is 31.5 Å². The van der Waals surface area contributed by atoms with E-state index in [0.717, 1.165) is 13.8 Å². The minimum absolute atomic E-state index is 0.00355. The molecule has 18 nitrogen and oxygen atoms in total. The summed E-state index contributed by atoms with van der Waals surface area (Å²) in [6, 6.07) is 30.9. The molecule has 2 saturated heterocycles. The Morgan fingerprint density at radius 1 is 0.463 bits per heavy atom. The summed E-state index contributed by atoms with van der Waals surface area (Å²) >= 11 is 0. The minimum Gasteiger partial charge on any atom is -0.463 e. The van der Waals surface area contributed by atoms with E-state index in [1.807, 2.05) is 0 Å². The molecule has 0 radical (unpaired) electrons. The molecule has 0 aromatic heterocycles. The third-order valence-corrected chi connectivity index (χ3v) is 10.2. The van der Waals surface area contributed by atoms with Gasteiger partial charge in [0.05, 0.1) is 27.7 Å². The van der Waals surface area contributed by atoms with E-state index in [2.05, 4.69) is 0 Å². The number of carbonyl (C=O) groups is 7. The van der Waals surface area contributed by atoms with Gasteiger partial charge in [0.2, 0.25) is 0 Å². The highest BCUT2D eigenvalue weighted by atomic mass is 16.8. The molecule has 0 saturated carbocycles. The van der Waals surface area contributed by atoms with E-state index in [1.54, 1.807) is 72.8 Å². The van der Waals surface area contributed by atoms with Crippen LogP contribution in [-0.4, -0.2) is 122 Å². The lowest BCUT2D eigenvalue weighted by atomic mass is 9.94. The smallest absolute Gasteiger partial charge is 0.338 e. The van der Waals surface area contributed by atoms with Gasteiger partial charge >= 0.3 is 41.8 Å². The van der Waals surface area contributed by atoms with Gasteiger partial charge in [0, 0.05) is 13.8 Å². The molecule has 0 bridgehead atoms. The van der Waals surface area contributed by atoms with Gasteiger partial charge in [-0.2, -0.15) is 0 Å². The Kier molecular flexibility index (Phi) is 16.6. The predicted molar refractivity (Wildman–Crippen MR) is 230 cm³/mol. The second-order valence-corrected chi connectivity index (χ2v) is 16.4. The first-order chi connectivity index (χ1) is 32.0. The van der Waals surface area contributed by atoms with Crippen LogP contribution in [0.2, 0.25) is 0 Å². The Balaban J connectivity index is 1.52. The second kappa shape index (κ2) is 22.5. The zero-order valence-electron chi connectivity index (χ0n) is 37.1. The van der Waals surface area contributed by atoms with E-state index >= 15 is 0 Å². The third kappa shape index (κ3) is 13.1. The number of aliphatic hydroxyl groups is 1. The first kappa shape index (κ1) is 49.4. The Morgan fingerprint density at radius 3 is 1.31 bits per heavy atom. The molecule has 2 aliphatic heterocycles. The van der Waals surface area contributed by atoms with Crippen molar-refractivity contribution in [3.63, 3.8) is 0 Å². The number of ether oxygens (including phenoxy) is 10. The first-order valence-corrected chi connectivity index (χ1v) is 21.2. The van der Waals surface area contributed by atoms with Gasteiger partial charge in [-0.25, -0.2) is 19.2 Å². The molecule has 0 aliphatic carbocycles. The minimum atomic E-state index is -2.05. The van der Waals surface area contributed by atoms with Crippen LogP contribution in [-0.2, 0) is 61.8 Å². The summed E-state index contributed by atoms with van der Waals surface area (Å²) in [6.45, 7) is 5.40. The number of carbonyl (C=O) groups excluding carboxylic acids is 7. The quantitative estimate of drug-likeness (QED) is 0.125. The lowest BCUT2D eigenvalue weighted by Crippen LogP contribution is -2.67. The molecule has 1 unspecified atom stereocenters. The summed E-state index contributed by atoms with van der Waals surface area (Å²) in [7, 11) is 0. The molecule has 2 aliphatic rings. The van der Waals surface area contributed by atoms with Crippen molar-refractivity contribution in [3.8, 4) is 0 Å². The van der Waals surface area contributed by atoms with Gasteiger partial charge in [0.25, 0.3) is 0 Å². The zero-order chi connectivity index (χ0) is 48.3. The zero-order valence-corrected chi connectivity index (χ0v) is 37.1. The van der Waals surface area contributed by atoms with E-state index in [0.29, 0.717) is 0 Å². The molecule has 4 aromatic carbocycles. The molecule has 354 valence electrons. The van der Waals surface area contributed by atoms with Crippen molar-refractivity contribution < 1.29 is 86.0 Å². The summed E-state index contributed by atoms with van der Waals surface area (Å²) < 4.78 is 59.6. The van der Waals surface area contributed by atoms with Gasteiger partial charge in [0.15, 0.2) is 43.1 Å². The fourth-order valence-electron chi connectivity index (χ4n) is 6.94. The van der Waals surface area contributed by atoms with Gasteiger partial charge in [-0.1, -0.05) is 72.8 Å². The lowest BCUT2D eigenvalue weighted by molar-refractivity contribution is -0.355. The average molecular weight is 927 g/mol. The third-order valence-electron chi connectivity index (χ3n) is 10.2. The maximum atomic E-state index is 14.1. The van der Waals surface area contributed by atoms with E-state index in [9.17, 15) is 38.7 Å². The number of hydrogen-bond acceptors (Lipinski definition) is 18.